The summed E-state index contributed by atoms with van der Waals surface area (Å²) in [6.45, 7) is 0. The third-order valence-corrected chi connectivity index (χ3v) is 3.23. The third kappa shape index (κ3) is 3.08. The van der Waals surface area contributed by atoms with Gasteiger partial charge in [-0.15, -0.1) is 0 Å². The van der Waals surface area contributed by atoms with Gasteiger partial charge in [-0.25, -0.2) is 4.39 Å². The van der Waals surface area contributed by atoms with Crippen molar-refractivity contribution >= 4 is 38.9 Å². The van der Waals surface area contributed by atoms with Crippen molar-refractivity contribution in [2.45, 2.75) is 0 Å². The number of nitrogen functional groups attached to an aromatic ring is 1. The van der Waals surface area contributed by atoms with Gasteiger partial charge in [-0.05, 0) is 36.4 Å². The van der Waals surface area contributed by atoms with Crippen LogP contribution in [0.15, 0.2) is 40.9 Å². The lowest BCUT2D eigenvalue weighted by Gasteiger charge is -2.12. The number of benzene rings is 2. The number of nitrogens with one attached hydrogen (secondary N) is 2. The van der Waals surface area contributed by atoms with Crippen molar-refractivity contribution in [2.75, 3.05) is 18.1 Å². The molecule has 0 heterocycles. The summed E-state index contributed by atoms with van der Waals surface area (Å²) in [6, 6.07) is 9.32. The Bertz CT molecular complexity index is 661. The first-order valence-electron chi connectivity index (χ1n) is 5.85. The molecule has 104 valence electrons. The minimum atomic E-state index is -0.405. The number of amides is 1. The Labute approximate surface area is 124 Å². The zero-order valence-corrected chi connectivity index (χ0v) is 12.3. The zero-order chi connectivity index (χ0) is 14.7. The predicted molar refractivity (Wildman–Crippen MR) is 81.6 cm³/mol. The van der Waals surface area contributed by atoms with Crippen LogP contribution < -0.4 is 16.4 Å². The highest BCUT2D eigenvalue weighted by molar-refractivity contribution is 9.10. The summed E-state index contributed by atoms with van der Waals surface area (Å²) in [5, 5.41) is 5.41. The van der Waals surface area contributed by atoms with E-state index in [0.717, 1.165) is 4.47 Å². The number of hydrogen-bond donors (Lipinski definition) is 3. The summed E-state index contributed by atoms with van der Waals surface area (Å²) in [6.07, 6.45) is 0. The second kappa shape index (κ2) is 5.92. The Hall–Kier alpha value is -2.08. The van der Waals surface area contributed by atoms with Gasteiger partial charge < -0.3 is 16.4 Å². The van der Waals surface area contributed by atoms with Gasteiger partial charge in [0.05, 0.1) is 17.1 Å². The van der Waals surface area contributed by atoms with Crippen molar-refractivity contribution < 1.29 is 9.18 Å². The fraction of sp³-hybridized carbons (Fsp3) is 0.0714. The highest BCUT2D eigenvalue weighted by Gasteiger charge is 2.09. The summed E-state index contributed by atoms with van der Waals surface area (Å²) < 4.78 is 14.4. The van der Waals surface area contributed by atoms with Gasteiger partial charge in [0.1, 0.15) is 5.82 Å². The van der Waals surface area contributed by atoms with Crippen LogP contribution in [-0.2, 0) is 0 Å². The van der Waals surface area contributed by atoms with Gasteiger partial charge in [-0.2, -0.15) is 0 Å². The normalized spacial score (nSPS) is 10.2. The van der Waals surface area contributed by atoms with Crippen molar-refractivity contribution in [2.24, 2.45) is 0 Å². The molecule has 1 amide bonds. The van der Waals surface area contributed by atoms with Crippen molar-refractivity contribution in [3.8, 4) is 0 Å². The highest BCUT2D eigenvalue weighted by Crippen LogP contribution is 2.28. The molecule has 0 aliphatic rings. The van der Waals surface area contributed by atoms with Gasteiger partial charge in [0, 0.05) is 17.1 Å². The molecule has 0 saturated carbocycles. The molecule has 20 heavy (non-hydrogen) atoms. The van der Waals surface area contributed by atoms with E-state index in [9.17, 15) is 9.18 Å². The predicted octanol–water partition coefficient (Wildman–Crippen LogP) is 3.27. The maximum Gasteiger partial charge on any atom is 0.251 e. The van der Waals surface area contributed by atoms with Gasteiger partial charge in [0.25, 0.3) is 5.91 Å². The van der Waals surface area contributed by atoms with E-state index < -0.39 is 5.82 Å². The number of carbonyl (C=O) groups is 1. The molecule has 0 aliphatic carbocycles. The van der Waals surface area contributed by atoms with Crippen LogP contribution in [0, 0.1) is 5.82 Å². The number of halogens is 2. The lowest BCUT2D eigenvalue weighted by molar-refractivity contribution is 0.0963. The van der Waals surface area contributed by atoms with Crippen molar-refractivity contribution in [3.05, 3.63) is 52.3 Å². The molecule has 0 unspecified atom stereocenters. The van der Waals surface area contributed by atoms with Crippen molar-refractivity contribution in [1.82, 2.24) is 5.32 Å². The van der Waals surface area contributed by atoms with Crippen LogP contribution in [0.4, 0.5) is 21.5 Å². The largest absolute Gasteiger partial charge is 0.397 e. The smallest absolute Gasteiger partial charge is 0.251 e. The van der Waals surface area contributed by atoms with E-state index in [1.54, 1.807) is 37.4 Å². The number of rotatable bonds is 3. The molecule has 0 atom stereocenters. The van der Waals surface area contributed by atoms with Gasteiger partial charge in [0.2, 0.25) is 0 Å². The molecule has 4 nitrogen and oxygen atoms in total. The summed E-state index contributed by atoms with van der Waals surface area (Å²) in [5.74, 6) is -0.638. The molecular weight excluding hydrogens is 325 g/mol. The van der Waals surface area contributed by atoms with Gasteiger partial charge >= 0.3 is 0 Å². The first-order valence-corrected chi connectivity index (χ1v) is 6.64. The van der Waals surface area contributed by atoms with Gasteiger partial charge in [0.15, 0.2) is 0 Å². The van der Waals surface area contributed by atoms with Crippen LogP contribution in [0.5, 0.6) is 0 Å². The van der Waals surface area contributed by atoms with Crippen LogP contribution >= 0.6 is 15.9 Å². The van der Waals surface area contributed by atoms with E-state index in [1.807, 2.05) is 0 Å². The lowest BCUT2D eigenvalue weighted by atomic mass is 10.1. The summed E-state index contributed by atoms with van der Waals surface area (Å²) >= 11 is 3.28. The first-order chi connectivity index (χ1) is 9.51. The molecule has 2 aromatic carbocycles. The molecule has 6 heteroatoms. The van der Waals surface area contributed by atoms with Crippen molar-refractivity contribution in [3.63, 3.8) is 0 Å². The summed E-state index contributed by atoms with van der Waals surface area (Å²) in [5.41, 5.74) is 7.46. The maximum absolute atomic E-state index is 13.7. The Kier molecular flexibility index (Phi) is 4.24. The van der Waals surface area contributed by atoms with Gasteiger partial charge in [-0.1, -0.05) is 15.9 Å². The number of carbonyl (C=O) groups excluding carboxylic acids is 1. The molecule has 0 fully saturated rings. The second-order valence-electron chi connectivity index (χ2n) is 4.13. The second-order valence-corrected chi connectivity index (χ2v) is 5.05. The topological polar surface area (TPSA) is 67.2 Å². The van der Waals surface area contributed by atoms with Gasteiger partial charge in [-0.3, -0.25) is 4.79 Å². The molecule has 2 aromatic rings. The highest BCUT2D eigenvalue weighted by atomic mass is 79.9. The number of hydrogen-bond acceptors (Lipinski definition) is 3. The summed E-state index contributed by atoms with van der Waals surface area (Å²) in [4.78, 5) is 11.6. The Morgan fingerprint density at radius 2 is 1.95 bits per heavy atom. The quantitative estimate of drug-likeness (QED) is 0.753. The standard InChI is InChI=1S/C14H13BrFN3O/c1-18-14(20)8-2-5-11(17)13(6-8)19-12-7-9(15)3-4-10(12)16/h2-7,19H,17H2,1H3,(H,18,20). The monoisotopic (exact) mass is 337 g/mol. The van der Waals surface area contributed by atoms with E-state index in [0.29, 0.717) is 16.9 Å². The van der Waals surface area contributed by atoms with Crippen LogP contribution in [-0.4, -0.2) is 13.0 Å². The fourth-order valence-corrected chi connectivity index (χ4v) is 2.05. The molecule has 4 N–H and O–H groups in total. The van der Waals surface area contributed by atoms with E-state index in [-0.39, 0.29) is 11.6 Å². The Balaban J connectivity index is 2.37. The average Bonchev–Trinajstić information content (AvgIpc) is 2.44. The Morgan fingerprint density at radius 3 is 2.65 bits per heavy atom. The summed E-state index contributed by atoms with van der Waals surface area (Å²) in [7, 11) is 1.54. The molecule has 0 saturated heterocycles. The van der Waals surface area contributed by atoms with Crippen LogP contribution in [0.3, 0.4) is 0 Å². The number of nitrogens with two attached hydrogens (primary N) is 1. The van der Waals surface area contributed by atoms with Crippen molar-refractivity contribution in [1.29, 1.82) is 0 Å². The van der Waals surface area contributed by atoms with E-state index in [2.05, 4.69) is 26.6 Å². The van der Waals surface area contributed by atoms with E-state index >= 15 is 0 Å². The first kappa shape index (κ1) is 14.3. The lowest BCUT2D eigenvalue weighted by Crippen LogP contribution is -2.18. The maximum atomic E-state index is 13.7. The zero-order valence-electron chi connectivity index (χ0n) is 10.7. The van der Waals surface area contributed by atoms with Crippen LogP contribution in [0.1, 0.15) is 10.4 Å². The molecule has 2 rings (SSSR count). The SMILES string of the molecule is CNC(=O)c1ccc(N)c(Nc2cc(Br)ccc2F)c1. The third-order valence-electron chi connectivity index (χ3n) is 2.74. The fourth-order valence-electron chi connectivity index (χ4n) is 1.69. The minimum absolute atomic E-state index is 0.234. The molecule has 0 bridgehead atoms. The molecule has 0 aromatic heterocycles. The molecule has 0 aliphatic heterocycles. The van der Waals surface area contributed by atoms with Crippen LogP contribution in [0.2, 0.25) is 0 Å². The van der Waals surface area contributed by atoms with E-state index in [1.165, 1.54) is 6.07 Å². The Morgan fingerprint density at radius 1 is 1.20 bits per heavy atom. The molecular formula is C14H13BrFN3O. The van der Waals surface area contributed by atoms with E-state index in [4.69, 9.17) is 5.73 Å². The minimum Gasteiger partial charge on any atom is -0.397 e. The molecule has 0 radical (unpaired) electrons. The van der Waals surface area contributed by atoms with Crippen LogP contribution in [0.25, 0.3) is 0 Å². The number of anilines is 3. The molecule has 0 spiro atoms. The average molecular weight is 338 g/mol.